The molecule has 5 rings (SSSR count). The predicted octanol–water partition coefficient (Wildman–Crippen LogP) is 3.51. The maximum absolute atomic E-state index is 12.6. The summed E-state index contributed by atoms with van der Waals surface area (Å²) < 4.78 is 0. The smallest absolute Gasteiger partial charge is 0.255 e. The minimum Gasteiger partial charge on any atom is -0.339 e. The van der Waals surface area contributed by atoms with Gasteiger partial charge < -0.3 is 4.90 Å². The van der Waals surface area contributed by atoms with E-state index < -0.39 is 0 Å². The SMILES string of the molecule is O=C(c1cccnc1)N1CCC(c2nc3c(s2)CCN(C2CCC2)CC3)CC1. The van der Waals surface area contributed by atoms with Gasteiger partial charge in [0.05, 0.1) is 16.3 Å². The predicted molar refractivity (Wildman–Crippen MR) is 111 cm³/mol. The molecular weight excluding hydrogens is 368 g/mol. The fourth-order valence-corrected chi connectivity index (χ4v) is 5.96. The highest BCUT2D eigenvalue weighted by molar-refractivity contribution is 7.11. The van der Waals surface area contributed by atoms with Crippen LogP contribution in [0.1, 0.15) is 64.0 Å². The van der Waals surface area contributed by atoms with Crippen LogP contribution in [0.4, 0.5) is 0 Å². The van der Waals surface area contributed by atoms with Crippen LogP contribution in [-0.4, -0.2) is 57.9 Å². The molecular formula is C22H28N4OS. The van der Waals surface area contributed by atoms with E-state index in [2.05, 4.69) is 9.88 Å². The first-order valence-corrected chi connectivity index (χ1v) is 11.5. The van der Waals surface area contributed by atoms with Crippen molar-refractivity contribution in [2.45, 2.75) is 56.9 Å². The molecule has 2 fully saturated rings. The lowest BCUT2D eigenvalue weighted by Gasteiger charge is -2.36. The van der Waals surface area contributed by atoms with E-state index in [0.717, 1.165) is 38.4 Å². The second kappa shape index (κ2) is 7.91. The third-order valence-electron chi connectivity index (χ3n) is 6.69. The Bertz CT molecular complexity index is 799. The summed E-state index contributed by atoms with van der Waals surface area (Å²) in [6.07, 6.45) is 11.9. The lowest BCUT2D eigenvalue weighted by molar-refractivity contribution is 0.0712. The molecule has 2 aromatic rings. The zero-order valence-electron chi connectivity index (χ0n) is 16.3. The molecule has 3 aliphatic rings. The molecule has 0 bridgehead atoms. The van der Waals surface area contributed by atoms with Gasteiger partial charge in [0.1, 0.15) is 0 Å². The fraction of sp³-hybridized carbons (Fsp3) is 0.591. The molecule has 0 N–H and O–H groups in total. The maximum Gasteiger partial charge on any atom is 0.255 e. The third-order valence-corrected chi connectivity index (χ3v) is 8.01. The Kier molecular flexibility index (Phi) is 5.16. The average molecular weight is 397 g/mol. The topological polar surface area (TPSA) is 49.3 Å². The van der Waals surface area contributed by atoms with Crippen molar-refractivity contribution in [1.29, 1.82) is 0 Å². The lowest BCUT2D eigenvalue weighted by Crippen LogP contribution is -2.41. The molecule has 1 amide bonds. The van der Waals surface area contributed by atoms with Crippen molar-refractivity contribution >= 4 is 17.2 Å². The second-order valence-electron chi connectivity index (χ2n) is 8.35. The Morgan fingerprint density at radius 3 is 2.61 bits per heavy atom. The van der Waals surface area contributed by atoms with Gasteiger partial charge >= 0.3 is 0 Å². The Labute approximate surface area is 170 Å². The Balaban J connectivity index is 1.19. The first-order chi connectivity index (χ1) is 13.8. The van der Waals surface area contributed by atoms with Crippen LogP contribution in [0.3, 0.4) is 0 Å². The van der Waals surface area contributed by atoms with Gasteiger partial charge in [0.2, 0.25) is 0 Å². The summed E-state index contributed by atoms with van der Waals surface area (Å²) in [6, 6.07) is 4.52. The molecule has 6 heteroatoms. The van der Waals surface area contributed by atoms with Gasteiger partial charge in [0, 0.05) is 61.8 Å². The number of piperidine rings is 1. The number of amides is 1. The number of hydrogen-bond donors (Lipinski definition) is 0. The molecule has 148 valence electrons. The van der Waals surface area contributed by atoms with Crippen molar-refractivity contribution < 1.29 is 4.79 Å². The van der Waals surface area contributed by atoms with Crippen molar-refractivity contribution in [3.63, 3.8) is 0 Å². The van der Waals surface area contributed by atoms with E-state index in [4.69, 9.17) is 4.98 Å². The highest BCUT2D eigenvalue weighted by Crippen LogP contribution is 2.35. The third kappa shape index (κ3) is 3.60. The molecule has 4 heterocycles. The number of pyridine rings is 1. The van der Waals surface area contributed by atoms with E-state index in [-0.39, 0.29) is 5.91 Å². The molecule has 1 saturated carbocycles. The summed E-state index contributed by atoms with van der Waals surface area (Å²) in [5.41, 5.74) is 2.05. The fourth-order valence-electron chi connectivity index (χ4n) is 4.69. The van der Waals surface area contributed by atoms with E-state index in [0.29, 0.717) is 11.5 Å². The van der Waals surface area contributed by atoms with Crippen LogP contribution in [0, 0.1) is 0 Å². The van der Waals surface area contributed by atoms with Crippen LogP contribution in [-0.2, 0) is 12.8 Å². The van der Waals surface area contributed by atoms with E-state index in [1.165, 1.54) is 54.4 Å². The van der Waals surface area contributed by atoms with Crippen molar-refractivity contribution in [3.8, 4) is 0 Å². The summed E-state index contributed by atoms with van der Waals surface area (Å²) in [5.74, 6) is 0.621. The van der Waals surface area contributed by atoms with Crippen LogP contribution >= 0.6 is 11.3 Å². The van der Waals surface area contributed by atoms with Gasteiger partial charge in [-0.15, -0.1) is 11.3 Å². The average Bonchev–Trinajstić information content (AvgIpc) is 3.02. The molecule has 0 unspecified atom stereocenters. The quantitative estimate of drug-likeness (QED) is 0.797. The molecule has 0 radical (unpaired) electrons. The van der Waals surface area contributed by atoms with Gasteiger partial charge in [-0.2, -0.15) is 0 Å². The molecule has 2 aliphatic heterocycles. The van der Waals surface area contributed by atoms with Gasteiger partial charge in [-0.05, 0) is 44.2 Å². The van der Waals surface area contributed by atoms with E-state index in [1.54, 1.807) is 12.4 Å². The van der Waals surface area contributed by atoms with Crippen LogP contribution in [0.15, 0.2) is 24.5 Å². The summed E-state index contributed by atoms with van der Waals surface area (Å²) in [5, 5.41) is 1.32. The van der Waals surface area contributed by atoms with Crippen molar-refractivity contribution in [3.05, 3.63) is 45.7 Å². The highest BCUT2D eigenvalue weighted by atomic mass is 32.1. The summed E-state index contributed by atoms with van der Waals surface area (Å²) >= 11 is 1.95. The zero-order valence-corrected chi connectivity index (χ0v) is 17.2. The minimum absolute atomic E-state index is 0.109. The van der Waals surface area contributed by atoms with Crippen LogP contribution in [0.2, 0.25) is 0 Å². The van der Waals surface area contributed by atoms with Crippen molar-refractivity contribution in [2.75, 3.05) is 26.2 Å². The van der Waals surface area contributed by atoms with Crippen molar-refractivity contribution in [1.82, 2.24) is 19.8 Å². The number of aromatic nitrogens is 2. The number of likely N-dealkylation sites (tertiary alicyclic amines) is 1. The molecule has 0 atom stereocenters. The Morgan fingerprint density at radius 2 is 1.89 bits per heavy atom. The van der Waals surface area contributed by atoms with Crippen LogP contribution in [0.5, 0.6) is 0 Å². The molecule has 0 aromatic carbocycles. The van der Waals surface area contributed by atoms with Gasteiger partial charge in [-0.3, -0.25) is 14.7 Å². The number of thiazole rings is 1. The number of fused-ring (bicyclic) bond motifs is 1. The lowest BCUT2D eigenvalue weighted by atomic mass is 9.91. The molecule has 5 nitrogen and oxygen atoms in total. The molecule has 1 saturated heterocycles. The standard InChI is InChI=1S/C22H28N4OS/c27-22(17-3-2-10-23-15-17)26-11-6-16(7-12-26)21-24-19-8-13-25(18-4-1-5-18)14-9-20(19)28-21/h2-3,10,15-16,18H,1,4-9,11-14H2. The summed E-state index contributed by atoms with van der Waals surface area (Å²) in [4.78, 5) is 28.0. The number of carbonyl (C=O) groups excluding carboxylic acids is 1. The van der Waals surface area contributed by atoms with Crippen LogP contribution in [0.25, 0.3) is 0 Å². The normalized spacial score (nSPS) is 21.8. The largest absolute Gasteiger partial charge is 0.339 e. The molecule has 2 aromatic heterocycles. The number of carbonyl (C=O) groups is 1. The van der Waals surface area contributed by atoms with E-state index >= 15 is 0 Å². The second-order valence-corrected chi connectivity index (χ2v) is 9.47. The zero-order chi connectivity index (χ0) is 18.9. The minimum atomic E-state index is 0.109. The highest BCUT2D eigenvalue weighted by Gasteiger charge is 2.30. The maximum atomic E-state index is 12.6. The van der Waals surface area contributed by atoms with E-state index in [1.807, 2.05) is 28.4 Å². The van der Waals surface area contributed by atoms with Crippen molar-refractivity contribution in [2.24, 2.45) is 0 Å². The first-order valence-electron chi connectivity index (χ1n) is 10.7. The van der Waals surface area contributed by atoms with Gasteiger partial charge in [-0.25, -0.2) is 4.98 Å². The Hall–Kier alpha value is -1.79. The molecule has 28 heavy (non-hydrogen) atoms. The van der Waals surface area contributed by atoms with Gasteiger partial charge in [0.25, 0.3) is 5.91 Å². The monoisotopic (exact) mass is 396 g/mol. The van der Waals surface area contributed by atoms with Gasteiger partial charge in [-0.1, -0.05) is 6.42 Å². The molecule has 1 aliphatic carbocycles. The van der Waals surface area contributed by atoms with E-state index in [9.17, 15) is 4.79 Å². The number of hydrogen-bond acceptors (Lipinski definition) is 5. The summed E-state index contributed by atoms with van der Waals surface area (Å²) in [6.45, 7) is 4.02. The number of nitrogens with zero attached hydrogens (tertiary/aromatic N) is 4. The Morgan fingerprint density at radius 1 is 1.07 bits per heavy atom. The first kappa shape index (κ1) is 18.3. The number of rotatable bonds is 3. The molecule has 0 spiro atoms. The summed E-state index contributed by atoms with van der Waals surface area (Å²) in [7, 11) is 0. The van der Waals surface area contributed by atoms with Crippen LogP contribution < -0.4 is 0 Å². The van der Waals surface area contributed by atoms with Gasteiger partial charge in [0.15, 0.2) is 0 Å².